The highest BCUT2D eigenvalue weighted by Gasteiger charge is 2.10. The highest BCUT2D eigenvalue weighted by molar-refractivity contribution is 7.07. The van der Waals surface area contributed by atoms with Gasteiger partial charge in [-0.2, -0.15) is 0 Å². The molecule has 4 rings (SSSR count). The minimum absolute atomic E-state index is 0.106. The highest BCUT2D eigenvalue weighted by atomic mass is 35.5. The maximum absolute atomic E-state index is 14.1. The molecular formula is C21H17ClF2N4S. The van der Waals surface area contributed by atoms with Crippen LogP contribution in [0.5, 0.6) is 0 Å². The molecule has 148 valence electrons. The van der Waals surface area contributed by atoms with Crippen molar-refractivity contribution in [1.82, 2.24) is 14.1 Å². The molecule has 2 aromatic heterocycles. The first kappa shape index (κ1) is 19.5. The van der Waals surface area contributed by atoms with Crippen LogP contribution in [0.2, 0.25) is 5.02 Å². The van der Waals surface area contributed by atoms with Crippen molar-refractivity contribution in [1.29, 1.82) is 0 Å². The maximum Gasteiger partial charge on any atom is 0.190 e. The molecule has 0 spiro atoms. The summed E-state index contributed by atoms with van der Waals surface area (Å²) >= 11 is 7.57. The van der Waals surface area contributed by atoms with Crippen LogP contribution in [-0.4, -0.2) is 14.1 Å². The second kappa shape index (κ2) is 8.71. The van der Waals surface area contributed by atoms with Crippen LogP contribution < -0.4 is 4.80 Å². The molecule has 0 saturated heterocycles. The number of benzene rings is 2. The number of rotatable bonds is 6. The molecule has 0 radical (unpaired) electrons. The first-order chi connectivity index (χ1) is 14.1. The SMILES string of the molecule is Fc1ccc(N=c2scc(-c3cccc(Cl)c3)n2CCCn2ccnc2)c(F)c1. The van der Waals surface area contributed by atoms with E-state index in [0.717, 1.165) is 30.3 Å². The Labute approximate surface area is 175 Å². The number of nitrogens with zero attached hydrogens (tertiary/aromatic N) is 4. The van der Waals surface area contributed by atoms with E-state index in [1.807, 2.05) is 45.0 Å². The number of aryl methyl sites for hydroxylation is 1. The molecule has 2 aromatic carbocycles. The van der Waals surface area contributed by atoms with E-state index in [2.05, 4.69) is 9.98 Å². The van der Waals surface area contributed by atoms with Gasteiger partial charge in [0.1, 0.15) is 11.5 Å². The van der Waals surface area contributed by atoms with Gasteiger partial charge in [-0.25, -0.2) is 18.8 Å². The Hall–Kier alpha value is -2.77. The summed E-state index contributed by atoms with van der Waals surface area (Å²) in [6, 6.07) is 11.0. The van der Waals surface area contributed by atoms with Gasteiger partial charge in [0.25, 0.3) is 0 Å². The van der Waals surface area contributed by atoms with Gasteiger partial charge in [0, 0.05) is 47.5 Å². The molecule has 0 amide bonds. The van der Waals surface area contributed by atoms with Gasteiger partial charge in [-0.05, 0) is 30.7 Å². The van der Waals surface area contributed by atoms with E-state index in [-0.39, 0.29) is 5.69 Å². The van der Waals surface area contributed by atoms with E-state index in [1.165, 1.54) is 23.5 Å². The molecule has 4 nitrogen and oxygen atoms in total. The Morgan fingerprint density at radius 3 is 2.76 bits per heavy atom. The van der Waals surface area contributed by atoms with Gasteiger partial charge in [-0.15, -0.1) is 11.3 Å². The Morgan fingerprint density at radius 2 is 2.00 bits per heavy atom. The number of thiazole rings is 1. The molecule has 0 aliphatic heterocycles. The molecule has 0 aliphatic carbocycles. The Kier molecular flexibility index (Phi) is 5.87. The van der Waals surface area contributed by atoms with Crippen LogP contribution >= 0.6 is 22.9 Å². The average molecular weight is 431 g/mol. The zero-order valence-corrected chi connectivity index (χ0v) is 16.9. The molecule has 0 N–H and O–H groups in total. The van der Waals surface area contributed by atoms with Crippen molar-refractivity contribution in [2.45, 2.75) is 19.5 Å². The maximum atomic E-state index is 14.1. The first-order valence-corrected chi connectivity index (χ1v) is 10.3. The van der Waals surface area contributed by atoms with Crippen LogP contribution in [0.15, 0.2) is 71.6 Å². The zero-order chi connectivity index (χ0) is 20.2. The standard InChI is InChI=1S/C21H17ClF2N4S/c22-16-4-1-3-15(11-16)20-13-29-21(26-19-6-5-17(23)12-18(19)24)28(20)9-2-8-27-10-7-25-14-27/h1,3-7,10-14H,2,8-9H2. The predicted molar refractivity (Wildman–Crippen MR) is 111 cm³/mol. The average Bonchev–Trinajstić information content (AvgIpc) is 3.34. The van der Waals surface area contributed by atoms with Crippen LogP contribution in [0.1, 0.15) is 6.42 Å². The smallest absolute Gasteiger partial charge is 0.190 e. The first-order valence-electron chi connectivity index (χ1n) is 9.00. The van der Waals surface area contributed by atoms with Gasteiger partial charge in [0.2, 0.25) is 0 Å². The quantitative estimate of drug-likeness (QED) is 0.388. The Bertz CT molecular complexity index is 1180. The van der Waals surface area contributed by atoms with Gasteiger partial charge in [0.15, 0.2) is 10.6 Å². The van der Waals surface area contributed by atoms with E-state index >= 15 is 0 Å². The fourth-order valence-electron chi connectivity index (χ4n) is 3.02. The lowest BCUT2D eigenvalue weighted by Crippen LogP contribution is -2.17. The third kappa shape index (κ3) is 4.63. The fraction of sp³-hybridized carbons (Fsp3) is 0.143. The molecular weight excluding hydrogens is 414 g/mol. The predicted octanol–water partition coefficient (Wildman–Crippen LogP) is 5.67. The lowest BCUT2D eigenvalue weighted by molar-refractivity contribution is 0.557. The highest BCUT2D eigenvalue weighted by Crippen LogP contribution is 2.25. The third-order valence-corrected chi connectivity index (χ3v) is 5.50. The van der Waals surface area contributed by atoms with E-state index in [0.29, 0.717) is 16.4 Å². The summed E-state index contributed by atoms with van der Waals surface area (Å²) in [4.78, 5) is 9.14. The monoisotopic (exact) mass is 430 g/mol. The van der Waals surface area contributed by atoms with Crippen molar-refractivity contribution >= 4 is 28.6 Å². The topological polar surface area (TPSA) is 35.1 Å². The number of aromatic nitrogens is 3. The fourth-order valence-corrected chi connectivity index (χ4v) is 4.16. The second-order valence-corrected chi connectivity index (χ2v) is 7.70. The van der Waals surface area contributed by atoms with E-state index in [9.17, 15) is 8.78 Å². The minimum Gasteiger partial charge on any atom is -0.337 e. The van der Waals surface area contributed by atoms with Gasteiger partial charge < -0.3 is 9.13 Å². The molecule has 0 unspecified atom stereocenters. The van der Waals surface area contributed by atoms with Crippen molar-refractivity contribution in [3.05, 3.63) is 88.0 Å². The van der Waals surface area contributed by atoms with E-state index in [4.69, 9.17) is 11.6 Å². The molecule has 0 aliphatic rings. The molecule has 0 fully saturated rings. The molecule has 2 heterocycles. The van der Waals surface area contributed by atoms with E-state index < -0.39 is 11.6 Å². The molecule has 8 heteroatoms. The summed E-state index contributed by atoms with van der Waals surface area (Å²) in [5.41, 5.74) is 2.01. The largest absolute Gasteiger partial charge is 0.337 e. The van der Waals surface area contributed by atoms with Crippen LogP contribution in [0.25, 0.3) is 11.3 Å². The van der Waals surface area contributed by atoms with Gasteiger partial charge in [-0.1, -0.05) is 23.7 Å². The summed E-state index contributed by atoms with van der Waals surface area (Å²) < 4.78 is 31.4. The van der Waals surface area contributed by atoms with Gasteiger partial charge >= 0.3 is 0 Å². The number of hydrogen-bond donors (Lipinski definition) is 0. The summed E-state index contributed by atoms with van der Waals surface area (Å²) in [5.74, 6) is -1.31. The number of imidazole rings is 1. The molecule has 4 aromatic rings. The molecule has 0 atom stereocenters. The zero-order valence-electron chi connectivity index (χ0n) is 15.3. The Balaban J connectivity index is 1.73. The summed E-state index contributed by atoms with van der Waals surface area (Å²) in [7, 11) is 0. The summed E-state index contributed by atoms with van der Waals surface area (Å²) in [6.45, 7) is 1.47. The summed E-state index contributed by atoms with van der Waals surface area (Å²) in [6.07, 6.45) is 6.26. The van der Waals surface area contributed by atoms with E-state index in [1.54, 1.807) is 12.5 Å². The van der Waals surface area contributed by atoms with Crippen molar-refractivity contribution in [2.75, 3.05) is 0 Å². The summed E-state index contributed by atoms with van der Waals surface area (Å²) in [5, 5.41) is 2.62. The van der Waals surface area contributed by atoms with Crippen molar-refractivity contribution in [2.24, 2.45) is 4.99 Å². The molecule has 0 bridgehead atoms. The van der Waals surface area contributed by atoms with Gasteiger partial charge in [0.05, 0.1) is 12.0 Å². The van der Waals surface area contributed by atoms with Crippen LogP contribution in [-0.2, 0) is 13.1 Å². The lowest BCUT2D eigenvalue weighted by atomic mass is 10.2. The van der Waals surface area contributed by atoms with Crippen LogP contribution in [0.3, 0.4) is 0 Å². The Morgan fingerprint density at radius 1 is 1.10 bits per heavy atom. The second-order valence-electron chi connectivity index (χ2n) is 6.43. The molecule has 0 saturated carbocycles. The number of halogens is 3. The van der Waals surface area contributed by atoms with Crippen molar-refractivity contribution < 1.29 is 8.78 Å². The normalized spacial score (nSPS) is 11.9. The molecule has 29 heavy (non-hydrogen) atoms. The minimum atomic E-state index is -0.687. The van der Waals surface area contributed by atoms with Crippen molar-refractivity contribution in [3.8, 4) is 11.3 Å². The third-order valence-electron chi connectivity index (χ3n) is 4.40. The van der Waals surface area contributed by atoms with Crippen LogP contribution in [0.4, 0.5) is 14.5 Å². The van der Waals surface area contributed by atoms with Gasteiger partial charge in [-0.3, -0.25) is 0 Å². The number of hydrogen-bond acceptors (Lipinski definition) is 3. The lowest BCUT2D eigenvalue weighted by Gasteiger charge is -2.10. The van der Waals surface area contributed by atoms with Crippen molar-refractivity contribution in [3.63, 3.8) is 0 Å². The van der Waals surface area contributed by atoms with Crippen LogP contribution in [0, 0.1) is 11.6 Å².